The quantitative estimate of drug-likeness (QED) is 0.704. The summed E-state index contributed by atoms with van der Waals surface area (Å²) in [5, 5.41) is 19.9. The fourth-order valence-electron chi connectivity index (χ4n) is 2.83. The van der Waals surface area contributed by atoms with Gasteiger partial charge in [0.25, 0.3) is 5.91 Å². The number of nitrogens with one attached hydrogen (secondary N) is 2. The van der Waals surface area contributed by atoms with Crippen molar-refractivity contribution >= 4 is 39.1 Å². The van der Waals surface area contributed by atoms with Crippen LogP contribution < -0.4 is 10.6 Å². The Morgan fingerprint density at radius 1 is 1.50 bits per heavy atom. The molecule has 0 fully saturated rings. The molecule has 0 spiro atoms. The van der Waals surface area contributed by atoms with Crippen LogP contribution in [0.4, 0.5) is 5.69 Å². The number of aryl methyl sites for hydroxylation is 1. The van der Waals surface area contributed by atoms with Crippen molar-refractivity contribution in [2.75, 3.05) is 18.5 Å². The summed E-state index contributed by atoms with van der Waals surface area (Å²) < 4.78 is 2.58. The van der Waals surface area contributed by atoms with Gasteiger partial charge in [-0.15, -0.1) is 0 Å². The van der Waals surface area contributed by atoms with E-state index in [4.69, 9.17) is 16.7 Å². The minimum absolute atomic E-state index is 0.0827. The lowest BCUT2D eigenvalue weighted by atomic mass is 10.0. The molecule has 1 atom stereocenters. The van der Waals surface area contributed by atoms with Gasteiger partial charge in [-0.1, -0.05) is 17.7 Å². The van der Waals surface area contributed by atoms with Gasteiger partial charge in [0.15, 0.2) is 5.69 Å². The Labute approximate surface area is 153 Å². The highest BCUT2D eigenvalue weighted by molar-refractivity contribution is 9.10. The lowest BCUT2D eigenvalue weighted by Gasteiger charge is -2.24. The van der Waals surface area contributed by atoms with Crippen molar-refractivity contribution in [3.05, 3.63) is 45.1 Å². The zero-order valence-corrected chi connectivity index (χ0v) is 15.3. The van der Waals surface area contributed by atoms with Crippen LogP contribution in [0.2, 0.25) is 5.02 Å². The summed E-state index contributed by atoms with van der Waals surface area (Å²) in [6, 6.07) is 7.26. The van der Waals surface area contributed by atoms with Crippen molar-refractivity contribution in [1.82, 2.24) is 15.1 Å². The lowest BCUT2D eigenvalue weighted by Crippen LogP contribution is -2.29. The highest BCUT2D eigenvalue weighted by Crippen LogP contribution is 2.30. The van der Waals surface area contributed by atoms with Crippen molar-refractivity contribution in [1.29, 1.82) is 0 Å². The molecule has 3 N–H and O–H groups in total. The number of aliphatic hydroxyl groups excluding tert-OH is 1. The van der Waals surface area contributed by atoms with Crippen LogP contribution in [0, 0.1) is 0 Å². The van der Waals surface area contributed by atoms with E-state index in [-0.39, 0.29) is 18.6 Å². The topological polar surface area (TPSA) is 79.2 Å². The van der Waals surface area contributed by atoms with Crippen molar-refractivity contribution in [3.8, 4) is 0 Å². The second kappa shape index (κ2) is 7.65. The molecule has 0 bridgehead atoms. The summed E-state index contributed by atoms with van der Waals surface area (Å²) in [5.74, 6) is -0.294. The molecule has 0 saturated carbocycles. The van der Waals surface area contributed by atoms with Crippen molar-refractivity contribution in [3.63, 3.8) is 0 Å². The Morgan fingerprint density at radius 3 is 3.12 bits per heavy atom. The first-order valence-electron chi connectivity index (χ1n) is 7.77. The van der Waals surface area contributed by atoms with E-state index < -0.39 is 0 Å². The summed E-state index contributed by atoms with van der Waals surface area (Å²) in [6.07, 6.45) is 1.94. The molecular weight excluding hydrogens is 396 g/mol. The first kappa shape index (κ1) is 17.4. The normalized spacial score (nSPS) is 16.7. The van der Waals surface area contributed by atoms with Crippen LogP contribution in [0.25, 0.3) is 0 Å². The van der Waals surface area contributed by atoms with E-state index in [9.17, 15) is 4.79 Å². The maximum Gasteiger partial charge on any atom is 0.276 e. The summed E-state index contributed by atoms with van der Waals surface area (Å²) in [7, 11) is 0. The number of carbonyl (C=O) groups excluding carboxylic acids is 1. The molecule has 0 unspecified atom stereocenters. The molecule has 24 heavy (non-hydrogen) atoms. The monoisotopic (exact) mass is 412 g/mol. The standard InChI is InChI=1S/C16H18BrClN4O2/c17-10-3-1-4-12(15(10)18)20-16(24)13-9-14-11(19-6-8-23)5-2-7-22(14)21-13/h1,3-4,9,11,19,23H,2,5-8H2,(H,20,24)/t11-/m0/s1. The van der Waals surface area contributed by atoms with Gasteiger partial charge in [0, 0.05) is 23.6 Å². The molecule has 2 aromatic rings. The van der Waals surface area contributed by atoms with Crippen LogP contribution >= 0.6 is 27.5 Å². The first-order chi connectivity index (χ1) is 11.6. The highest BCUT2D eigenvalue weighted by Gasteiger charge is 2.24. The summed E-state index contributed by atoms with van der Waals surface area (Å²) >= 11 is 9.52. The lowest BCUT2D eigenvalue weighted by molar-refractivity contribution is 0.102. The van der Waals surface area contributed by atoms with E-state index in [0.717, 1.165) is 29.6 Å². The number of nitrogens with zero attached hydrogens (tertiary/aromatic N) is 2. The van der Waals surface area contributed by atoms with Crippen LogP contribution in [0.15, 0.2) is 28.7 Å². The average molecular weight is 414 g/mol. The number of anilines is 1. The maximum absolute atomic E-state index is 12.5. The SMILES string of the molecule is O=C(Nc1cccc(Br)c1Cl)c1cc2n(n1)CCC[C@@H]2NCCO. The summed E-state index contributed by atoms with van der Waals surface area (Å²) in [6.45, 7) is 1.39. The number of rotatable bonds is 5. The Balaban J connectivity index is 1.79. The fourth-order valence-corrected chi connectivity index (χ4v) is 3.37. The minimum atomic E-state index is -0.294. The fraction of sp³-hybridized carbons (Fsp3) is 0.375. The van der Waals surface area contributed by atoms with E-state index in [1.807, 2.05) is 10.7 Å². The maximum atomic E-state index is 12.5. The summed E-state index contributed by atoms with van der Waals surface area (Å²) in [5.41, 5.74) is 1.87. The molecule has 128 valence electrons. The molecule has 0 aliphatic carbocycles. The molecular formula is C16H18BrClN4O2. The molecule has 2 heterocycles. The minimum Gasteiger partial charge on any atom is -0.395 e. The van der Waals surface area contributed by atoms with Crippen LogP contribution in [-0.2, 0) is 6.54 Å². The third-order valence-electron chi connectivity index (χ3n) is 3.97. The van der Waals surface area contributed by atoms with Crippen molar-refractivity contribution < 1.29 is 9.90 Å². The van der Waals surface area contributed by atoms with Crippen molar-refractivity contribution in [2.24, 2.45) is 0 Å². The average Bonchev–Trinajstić information content (AvgIpc) is 3.02. The molecule has 1 aliphatic heterocycles. The third-order valence-corrected chi connectivity index (χ3v) is 5.26. The van der Waals surface area contributed by atoms with Gasteiger partial charge in [-0.2, -0.15) is 5.10 Å². The number of carbonyl (C=O) groups is 1. The van der Waals surface area contributed by atoms with E-state index >= 15 is 0 Å². The molecule has 1 aromatic heterocycles. The second-order valence-corrected chi connectivity index (χ2v) is 6.84. The predicted octanol–water partition coefficient (Wildman–Crippen LogP) is 2.97. The molecule has 8 heteroatoms. The van der Waals surface area contributed by atoms with Crippen LogP contribution in [0.5, 0.6) is 0 Å². The van der Waals surface area contributed by atoms with Gasteiger partial charge in [-0.25, -0.2) is 0 Å². The van der Waals surface area contributed by atoms with Crippen LogP contribution in [0.3, 0.4) is 0 Å². The van der Waals surface area contributed by atoms with E-state index in [2.05, 4.69) is 31.7 Å². The smallest absolute Gasteiger partial charge is 0.276 e. The highest BCUT2D eigenvalue weighted by atomic mass is 79.9. The summed E-state index contributed by atoms with van der Waals surface area (Å²) in [4.78, 5) is 12.5. The molecule has 6 nitrogen and oxygen atoms in total. The number of aromatic nitrogens is 2. The Bertz CT molecular complexity index is 750. The number of aliphatic hydroxyl groups is 1. The van der Waals surface area contributed by atoms with Gasteiger partial charge in [0.1, 0.15) is 0 Å². The van der Waals surface area contributed by atoms with Crippen molar-refractivity contribution in [2.45, 2.75) is 25.4 Å². The number of halogens is 2. The first-order valence-corrected chi connectivity index (χ1v) is 8.94. The second-order valence-electron chi connectivity index (χ2n) is 5.61. The van der Waals surface area contributed by atoms with E-state index in [1.54, 1.807) is 18.2 Å². The molecule has 1 aromatic carbocycles. The van der Waals surface area contributed by atoms with Gasteiger partial charge in [0.05, 0.1) is 23.0 Å². The Hall–Kier alpha value is -1.41. The zero-order chi connectivity index (χ0) is 17.1. The predicted molar refractivity (Wildman–Crippen MR) is 96.4 cm³/mol. The van der Waals surface area contributed by atoms with Gasteiger partial charge in [-0.3, -0.25) is 9.48 Å². The molecule has 3 rings (SSSR count). The van der Waals surface area contributed by atoms with Gasteiger partial charge < -0.3 is 15.7 Å². The van der Waals surface area contributed by atoms with Gasteiger partial charge in [0.2, 0.25) is 0 Å². The number of hydrogen-bond donors (Lipinski definition) is 3. The van der Waals surface area contributed by atoms with Crippen LogP contribution in [-0.4, -0.2) is 33.9 Å². The molecule has 1 aliphatic rings. The Morgan fingerprint density at radius 2 is 2.33 bits per heavy atom. The molecule has 1 amide bonds. The number of fused-ring (bicyclic) bond motifs is 1. The van der Waals surface area contributed by atoms with Gasteiger partial charge >= 0.3 is 0 Å². The number of benzene rings is 1. The van der Waals surface area contributed by atoms with E-state index in [0.29, 0.717) is 22.9 Å². The molecule has 0 radical (unpaired) electrons. The largest absolute Gasteiger partial charge is 0.395 e. The number of hydrogen-bond acceptors (Lipinski definition) is 4. The third kappa shape index (κ3) is 3.64. The van der Waals surface area contributed by atoms with E-state index in [1.165, 1.54) is 0 Å². The van der Waals surface area contributed by atoms with Crippen LogP contribution in [0.1, 0.15) is 35.1 Å². The Kier molecular flexibility index (Phi) is 5.55. The molecule has 0 saturated heterocycles. The number of amides is 1. The zero-order valence-electron chi connectivity index (χ0n) is 12.9. The van der Waals surface area contributed by atoms with Gasteiger partial charge in [-0.05, 0) is 47.0 Å².